The number of piperidine rings is 1. The summed E-state index contributed by atoms with van der Waals surface area (Å²) in [5.74, 6) is 0. The number of hydrazine groups is 1. The summed E-state index contributed by atoms with van der Waals surface area (Å²) in [5, 5.41) is 3.54. The molecule has 1 heterocycles. The lowest BCUT2D eigenvalue weighted by atomic mass is 10.2. The van der Waals surface area contributed by atoms with E-state index < -0.39 is 0 Å². The highest BCUT2D eigenvalue weighted by Gasteiger charge is 2.12. The average molecular weight is 141 g/mol. The lowest BCUT2D eigenvalue weighted by Crippen LogP contribution is -2.42. The summed E-state index contributed by atoms with van der Waals surface area (Å²) in [5.41, 5.74) is 0. The van der Waals surface area contributed by atoms with Crippen molar-refractivity contribution in [3.8, 4) is 0 Å². The molecule has 0 aromatic carbocycles. The predicted octanol–water partition coefficient (Wildman–Crippen LogP) is 0.386. The molecule has 0 aromatic rings. The first-order valence-electron chi connectivity index (χ1n) is 3.71. The van der Waals surface area contributed by atoms with Crippen molar-refractivity contribution < 1.29 is 4.79 Å². The van der Waals surface area contributed by atoms with Crippen LogP contribution in [0.4, 0.5) is 0 Å². The monoisotopic (exact) mass is 141 g/mol. The summed E-state index contributed by atoms with van der Waals surface area (Å²) >= 11 is 0. The molecule has 1 fully saturated rings. The Morgan fingerprint density at radius 2 is 1.90 bits per heavy atom. The summed E-state index contributed by atoms with van der Waals surface area (Å²) in [6, 6.07) is 0. The van der Waals surface area contributed by atoms with Gasteiger partial charge in [0, 0.05) is 20.1 Å². The van der Waals surface area contributed by atoms with E-state index in [0.29, 0.717) is 0 Å². The maximum atomic E-state index is 10.2. The van der Waals surface area contributed by atoms with Crippen molar-refractivity contribution in [2.24, 2.45) is 0 Å². The minimum atomic E-state index is 1.01. The molecule has 0 unspecified atom stereocenters. The van der Waals surface area contributed by atoms with Gasteiger partial charge in [-0.15, -0.1) is 0 Å². The number of hydrogen-bond acceptors (Lipinski definition) is 2. The van der Waals surface area contributed by atoms with Gasteiger partial charge in [0.2, 0.25) is 0 Å². The third-order valence-corrected chi connectivity index (χ3v) is 1.89. The summed E-state index contributed by atoms with van der Waals surface area (Å²) in [6.07, 6.45) is 5.54. The van der Waals surface area contributed by atoms with Crippen LogP contribution in [0.15, 0.2) is 0 Å². The Hall–Kier alpha value is -0.570. The van der Waals surface area contributed by atoms with Crippen molar-refractivity contribution in [2.75, 3.05) is 20.1 Å². The molecule has 3 nitrogen and oxygen atoms in total. The summed E-state index contributed by atoms with van der Waals surface area (Å²) < 4.78 is 0. The second-order valence-corrected chi connectivity index (χ2v) is 2.63. The first-order valence-corrected chi connectivity index (χ1v) is 3.71. The van der Waals surface area contributed by atoms with Crippen LogP contribution in [0.5, 0.6) is 0 Å². The van der Waals surface area contributed by atoms with Gasteiger partial charge in [0.15, 0.2) is 0 Å². The fourth-order valence-corrected chi connectivity index (χ4v) is 1.23. The van der Waals surface area contributed by atoms with E-state index in [0.717, 1.165) is 13.1 Å². The van der Waals surface area contributed by atoms with Crippen molar-refractivity contribution in [3.05, 3.63) is 0 Å². The van der Waals surface area contributed by atoms with Gasteiger partial charge >= 0.3 is 6.41 Å². The molecule has 1 aliphatic rings. The zero-order chi connectivity index (χ0) is 7.40. The standard InChI is InChI=1S/C7H13N2O/c1-8(7-10)9-5-3-2-4-6-9/h2-6H2,1H3. The smallest absolute Gasteiger partial charge is 0.270 e. The van der Waals surface area contributed by atoms with E-state index >= 15 is 0 Å². The van der Waals surface area contributed by atoms with Crippen LogP contribution in [0.25, 0.3) is 0 Å². The van der Waals surface area contributed by atoms with Gasteiger partial charge in [0.1, 0.15) is 0 Å². The fourth-order valence-electron chi connectivity index (χ4n) is 1.23. The lowest BCUT2D eigenvalue weighted by molar-refractivity contribution is 0.0454. The highest BCUT2D eigenvalue weighted by Crippen LogP contribution is 2.08. The van der Waals surface area contributed by atoms with Crippen LogP contribution in [0, 0.1) is 0 Å². The molecule has 0 saturated carbocycles. The third kappa shape index (κ3) is 1.70. The van der Waals surface area contributed by atoms with E-state index in [2.05, 4.69) is 0 Å². The Labute approximate surface area is 61.6 Å². The predicted molar refractivity (Wildman–Crippen MR) is 38.9 cm³/mol. The van der Waals surface area contributed by atoms with Crippen LogP contribution in [0.1, 0.15) is 19.3 Å². The largest absolute Gasteiger partial charge is 0.327 e. The SMILES string of the molecule is CN([C]=O)N1CCCCC1. The summed E-state index contributed by atoms with van der Waals surface area (Å²) in [4.78, 5) is 10.2. The van der Waals surface area contributed by atoms with Gasteiger partial charge in [0.25, 0.3) is 0 Å². The molecule has 0 aliphatic carbocycles. The molecule has 1 aliphatic heterocycles. The Morgan fingerprint density at radius 3 is 2.40 bits per heavy atom. The Morgan fingerprint density at radius 1 is 1.30 bits per heavy atom. The van der Waals surface area contributed by atoms with Gasteiger partial charge < -0.3 is 0 Å². The van der Waals surface area contributed by atoms with E-state index in [1.807, 2.05) is 11.4 Å². The highest BCUT2D eigenvalue weighted by atomic mass is 16.1. The van der Waals surface area contributed by atoms with Crippen LogP contribution in [-0.4, -0.2) is 36.6 Å². The van der Waals surface area contributed by atoms with Crippen molar-refractivity contribution in [3.63, 3.8) is 0 Å². The van der Waals surface area contributed by atoms with Crippen LogP contribution >= 0.6 is 0 Å². The average Bonchev–Trinajstić information content (AvgIpc) is 2.05. The Bertz CT molecular complexity index is 110. The first kappa shape index (κ1) is 7.54. The number of carbonyl (C=O) groups excluding carboxylic acids is 1. The first-order chi connectivity index (χ1) is 4.84. The minimum Gasteiger partial charge on any atom is -0.270 e. The lowest BCUT2D eigenvalue weighted by Gasteiger charge is -2.31. The molecule has 1 radical (unpaired) electrons. The van der Waals surface area contributed by atoms with E-state index in [-0.39, 0.29) is 0 Å². The minimum absolute atomic E-state index is 1.01. The van der Waals surface area contributed by atoms with E-state index in [9.17, 15) is 4.79 Å². The molecule has 10 heavy (non-hydrogen) atoms. The van der Waals surface area contributed by atoms with Gasteiger partial charge in [-0.25, -0.2) is 5.01 Å². The zero-order valence-corrected chi connectivity index (χ0v) is 6.34. The second kappa shape index (κ2) is 3.56. The number of hydrogen-bond donors (Lipinski definition) is 0. The quantitative estimate of drug-likeness (QED) is 0.519. The van der Waals surface area contributed by atoms with Crippen LogP contribution < -0.4 is 0 Å². The van der Waals surface area contributed by atoms with Crippen LogP contribution in [0.3, 0.4) is 0 Å². The van der Waals surface area contributed by atoms with Gasteiger partial charge in [-0.1, -0.05) is 6.42 Å². The molecule has 0 bridgehead atoms. The van der Waals surface area contributed by atoms with Crippen molar-refractivity contribution >= 4 is 6.41 Å². The van der Waals surface area contributed by atoms with Gasteiger partial charge in [0.05, 0.1) is 0 Å². The zero-order valence-electron chi connectivity index (χ0n) is 6.34. The fraction of sp³-hybridized carbons (Fsp3) is 0.857. The van der Waals surface area contributed by atoms with Crippen molar-refractivity contribution in [2.45, 2.75) is 19.3 Å². The molecule has 0 aromatic heterocycles. The van der Waals surface area contributed by atoms with Crippen molar-refractivity contribution in [1.29, 1.82) is 0 Å². The maximum Gasteiger partial charge on any atom is 0.327 e. The van der Waals surface area contributed by atoms with Crippen LogP contribution in [0.2, 0.25) is 0 Å². The van der Waals surface area contributed by atoms with E-state index in [1.165, 1.54) is 24.3 Å². The summed E-state index contributed by atoms with van der Waals surface area (Å²) in [7, 11) is 1.75. The molecular weight excluding hydrogens is 128 g/mol. The van der Waals surface area contributed by atoms with E-state index in [4.69, 9.17) is 0 Å². The topological polar surface area (TPSA) is 23.6 Å². The Kier molecular flexibility index (Phi) is 2.68. The molecule has 1 amide bonds. The molecular formula is C7H13N2O. The summed E-state index contributed by atoms with van der Waals surface area (Å²) in [6.45, 7) is 2.01. The Balaban J connectivity index is 2.30. The molecule has 0 spiro atoms. The van der Waals surface area contributed by atoms with Crippen molar-refractivity contribution in [1.82, 2.24) is 10.0 Å². The number of amides is 1. The van der Waals surface area contributed by atoms with Crippen LogP contribution in [-0.2, 0) is 4.79 Å². The number of nitrogens with zero attached hydrogens (tertiary/aromatic N) is 2. The van der Waals surface area contributed by atoms with Gasteiger partial charge in [-0.05, 0) is 12.8 Å². The second-order valence-electron chi connectivity index (χ2n) is 2.63. The molecule has 0 atom stereocenters. The molecule has 1 saturated heterocycles. The normalized spacial score (nSPS) is 20.5. The number of rotatable bonds is 2. The highest BCUT2D eigenvalue weighted by molar-refractivity contribution is 5.46. The van der Waals surface area contributed by atoms with Gasteiger partial charge in [-0.3, -0.25) is 9.80 Å². The molecule has 57 valence electrons. The maximum absolute atomic E-state index is 10.2. The van der Waals surface area contributed by atoms with Gasteiger partial charge in [-0.2, -0.15) is 0 Å². The molecule has 1 rings (SSSR count). The molecule has 0 N–H and O–H groups in total. The van der Waals surface area contributed by atoms with E-state index in [1.54, 1.807) is 7.05 Å². The third-order valence-electron chi connectivity index (χ3n) is 1.89. The molecule has 3 heteroatoms.